The molecule has 0 saturated carbocycles. The van der Waals surface area contributed by atoms with Crippen LogP contribution >= 0.6 is 15.9 Å². The number of halogens is 2. The lowest BCUT2D eigenvalue weighted by Crippen LogP contribution is -2.25. The fourth-order valence-electron chi connectivity index (χ4n) is 2.50. The van der Waals surface area contributed by atoms with Crippen LogP contribution in [0.25, 0.3) is 0 Å². The summed E-state index contributed by atoms with van der Waals surface area (Å²) < 4.78 is 15.1. The van der Waals surface area contributed by atoms with Crippen molar-refractivity contribution in [3.8, 4) is 0 Å². The molecule has 1 nitrogen and oxygen atoms in total. The van der Waals surface area contributed by atoms with Gasteiger partial charge >= 0.3 is 0 Å². The molecule has 2 aromatic carbocycles. The summed E-state index contributed by atoms with van der Waals surface area (Å²) in [6, 6.07) is 13.4. The van der Waals surface area contributed by atoms with Crippen molar-refractivity contribution < 1.29 is 4.39 Å². The van der Waals surface area contributed by atoms with Gasteiger partial charge in [0.15, 0.2) is 0 Å². The van der Waals surface area contributed by atoms with Gasteiger partial charge in [-0.1, -0.05) is 53.2 Å². The minimum atomic E-state index is -0.161. The van der Waals surface area contributed by atoms with Gasteiger partial charge in [-0.15, -0.1) is 0 Å². The third-order valence-corrected chi connectivity index (χ3v) is 4.37. The van der Waals surface area contributed by atoms with Crippen LogP contribution in [0.15, 0.2) is 46.9 Å². The van der Waals surface area contributed by atoms with Crippen LogP contribution in [-0.4, -0.2) is 6.54 Å². The molecule has 0 spiro atoms. The summed E-state index contributed by atoms with van der Waals surface area (Å²) in [6.07, 6.45) is 1.81. The maximum Gasteiger partial charge on any atom is 0.129 e. The van der Waals surface area contributed by atoms with Gasteiger partial charge in [-0.25, -0.2) is 4.39 Å². The van der Waals surface area contributed by atoms with E-state index in [0.717, 1.165) is 23.9 Å². The Morgan fingerprint density at radius 3 is 2.57 bits per heavy atom. The van der Waals surface area contributed by atoms with Crippen LogP contribution in [-0.2, 0) is 6.42 Å². The first kappa shape index (κ1) is 16.2. The van der Waals surface area contributed by atoms with E-state index in [1.807, 2.05) is 18.2 Å². The second kappa shape index (κ2) is 7.71. The number of benzene rings is 2. The van der Waals surface area contributed by atoms with Gasteiger partial charge in [0.2, 0.25) is 0 Å². The molecular formula is C18H21BrFN. The molecule has 0 heterocycles. The maximum absolute atomic E-state index is 14.3. The maximum atomic E-state index is 14.3. The van der Waals surface area contributed by atoms with Crippen molar-refractivity contribution in [2.45, 2.75) is 32.7 Å². The van der Waals surface area contributed by atoms with E-state index >= 15 is 0 Å². The predicted octanol–water partition coefficient (Wildman–Crippen LogP) is 5.18. The molecule has 1 N–H and O–H groups in total. The van der Waals surface area contributed by atoms with Gasteiger partial charge < -0.3 is 5.32 Å². The largest absolute Gasteiger partial charge is 0.310 e. The molecule has 0 bridgehead atoms. The molecular weight excluding hydrogens is 329 g/mol. The second-order valence-corrected chi connectivity index (χ2v) is 6.13. The van der Waals surface area contributed by atoms with Gasteiger partial charge in [-0.05, 0) is 49.6 Å². The highest BCUT2D eigenvalue weighted by atomic mass is 79.9. The molecule has 0 saturated heterocycles. The van der Waals surface area contributed by atoms with Crippen molar-refractivity contribution in [3.05, 3.63) is 69.4 Å². The van der Waals surface area contributed by atoms with Crippen molar-refractivity contribution in [2.24, 2.45) is 0 Å². The number of hydrogen-bond acceptors (Lipinski definition) is 1. The Labute approximate surface area is 134 Å². The molecule has 112 valence electrons. The van der Waals surface area contributed by atoms with Crippen LogP contribution in [0.2, 0.25) is 0 Å². The molecule has 3 heteroatoms. The topological polar surface area (TPSA) is 12.0 Å². The van der Waals surface area contributed by atoms with E-state index in [2.05, 4.69) is 47.2 Å². The molecule has 0 fully saturated rings. The van der Waals surface area contributed by atoms with Gasteiger partial charge in [0.25, 0.3) is 0 Å². The van der Waals surface area contributed by atoms with Crippen molar-refractivity contribution >= 4 is 15.9 Å². The summed E-state index contributed by atoms with van der Waals surface area (Å²) >= 11 is 3.49. The van der Waals surface area contributed by atoms with Gasteiger partial charge in [-0.3, -0.25) is 0 Å². The van der Waals surface area contributed by atoms with E-state index in [1.165, 1.54) is 17.2 Å². The molecule has 1 atom stereocenters. The number of rotatable bonds is 6. The smallest absolute Gasteiger partial charge is 0.129 e. The molecule has 0 aliphatic rings. The summed E-state index contributed by atoms with van der Waals surface area (Å²) in [5.74, 6) is -0.161. The minimum absolute atomic E-state index is 0.0263. The fourth-order valence-corrected chi connectivity index (χ4v) is 3.12. The Morgan fingerprint density at radius 1 is 1.14 bits per heavy atom. The van der Waals surface area contributed by atoms with Crippen LogP contribution in [0.3, 0.4) is 0 Å². The van der Waals surface area contributed by atoms with Crippen LogP contribution < -0.4 is 5.32 Å². The minimum Gasteiger partial charge on any atom is -0.310 e. The molecule has 1 unspecified atom stereocenters. The van der Waals surface area contributed by atoms with Gasteiger partial charge in [0.1, 0.15) is 5.82 Å². The highest BCUT2D eigenvalue weighted by molar-refractivity contribution is 9.10. The average Bonchev–Trinajstić information content (AvgIpc) is 2.46. The van der Waals surface area contributed by atoms with Crippen LogP contribution in [0, 0.1) is 12.7 Å². The predicted molar refractivity (Wildman–Crippen MR) is 90.0 cm³/mol. The molecule has 0 aliphatic carbocycles. The van der Waals surface area contributed by atoms with E-state index in [1.54, 1.807) is 6.07 Å². The zero-order valence-corrected chi connectivity index (χ0v) is 14.1. The normalized spacial score (nSPS) is 12.4. The van der Waals surface area contributed by atoms with E-state index in [4.69, 9.17) is 0 Å². The molecule has 0 amide bonds. The SMILES string of the molecule is CCCNC(Cc1ccccc1C)c1c(F)cccc1Br. The van der Waals surface area contributed by atoms with Gasteiger partial charge in [0.05, 0.1) is 0 Å². The summed E-state index contributed by atoms with van der Waals surface area (Å²) in [5, 5.41) is 3.47. The van der Waals surface area contributed by atoms with E-state index < -0.39 is 0 Å². The monoisotopic (exact) mass is 349 g/mol. The molecule has 21 heavy (non-hydrogen) atoms. The van der Waals surface area contributed by atoms with Gasteiger partial charge in [0, 0.05) is 16.1 Å². The fraction of sp³-hybridized carbons (Fsp3) is 0.333. The van der Waals surface area contributed by atoms with Gasteiger partial charge in [-0.2, -0.15) is 0 Å². The van der Waals surface area contributed by atoms with E-state index in [0.29, 0.717) is 5.56 Å². The molecule has 2 rings (SSSR count). The zero-order valence-electron chi connectivity index (χ0n) is 12.5. The van der Waals surface area contributed by atoms with Crippen molar-refractivity contribution in [3.63, 3.8) is 0 Å². The van der Waals surface area contributed by atoms with E-state index in [9.17, 15) is 4.39 Å². The lowest BCUT2D eigenvalue weighted by molar-refractivity contribution is 0.494. The summed E-state index contributed by atoms with van der Waals surface area (Å²) in [4.78, 5) is 0. The Balaban J connectivity index is 2.32. The van der Waals surface area contributed by atoms with Crippen LogP contribution in [0.1, 0.15) is 36.1 Å². The standard InChI is InChI=1S/C18H21BrFN/c1-3-11-21-17(12-14-8-5-4-7-13(14)2)18-15(19)9-6-10-16(18)20/h4-10,17,21H,3,11-12H2,1-2H3. The number of hydrogen-bond donors (Lipinski definition) is 1. The highest BCUT2D eigenvalue weighted by Crippen LogP contribution is 2.29. The second-order valence-electron chi connectivity index (χ2n) is 5.27. The Morgan fingerprint density at radius 2 is 1.90 bits per heavy atom. The lowest BCUT2D eigenvalue weighted by atomic mass is 9.95. The first-order valence-electron chi connectivity index (χ1n) is 7.35. The van der Waals surface area contributed by atoms with Crippen molar-refractivity contribution in [2.75, 3.05) is 6.54 Å². The average molecular weight is 350 g/mol. The lowest BCUT2D eigenvalue weighted by Gasteiger charge is -2.22. The molecule has 0 aromatic heterocycles. The van der Waals surface area contributed by atoms with Crippen LogP contribution in [0.5, 0.6) is 0 Å². The summed E-state index contributed by atoms with van der Waals surface area (Å²) in [5.41, 5.74) is 3.21. The molecule has 2 aromatic rings. The Bertz CT molecular complexity index is 577. The first-order chi connectivity index (χ1) is 10.1. The van der Waals surface area contributed by atoms with E-state index in [-0.39, 0.29) is 11.9 Å². The quantitative estimate of drug-likeness (QED) is 0.757. The zero-order chi connectivity index (χ0) is 15.2. The molecule has 0 aliphatic heterocycles. The summed E-state index contributed by atoms with van der Waals surface area (Å²) in [7, 11) is 0. The van der Waals surface area contributed by atoms with Crippen molar-refractivity contribution in [1.29, 1.82) is 0 Å². The third-order valence-electron chi connectivity index (χ3n) is 3.67. The Hall–Kier alpha value is -1.19. The third kappa shape index (κ3) is 4.14. The summed E-state index contributed by atoms with van der Waals surface area (Å²) in [6.45, 7) is 5.09. The van der Waals surface area contributed by atoms with Crippen molar-refractivity contribution in [1.82, 2.24) is 5.32 Å². The van der Waals surface area contributed by atoms with Crippen LogP contribution in [0.4, 0.5) is 4.39 Å². The number of nitrogens with one attached hydrogen (secondary N) is 1. The number of aryl methyl sites for hydroxylation is 1. The highest BCUT2D eigenvalue weighted by Gasteiger charge is 2.19. The first-order valence-corrected chi connectivity index (χ1v) is 8.14. The molecule has 0 radical (unpaired) electrons. The Kier molecular flexibility index (Phi) is 5.95.